The molecule has 1 atom stereocenters. The molecule has 0 saturated heterocycles. The maximum atomic E-state index is 12.8. The molecule has 8 nitrogen and oxygen atoms in total. The Morgan fingerprint density at radius 3 is 2.65 bits per heavy atom. The predicted molar refractivity (Wildman–Crippen MR) is 129 cm³/mol. The topological polar surface area (TPSA) is 130 Å². The van der Waals surface area contributed by atoms with Crippen LogP contribution in [0.15, 0.2) is 49.9 Å². The van der Waals surface area contributed by atoms with E-state index in [2.05, 4.69) is 12.2 Å². The van der Waals surface area contributed by atoms with Crippen LogP contribution in [0.25, 0.3) is 6.08 Å². The lowest BCUT2D eigenvalue weighted by Crippen LogP contribution is -2.16. The van der Waals surface area contributed by atoms with Crippen molar-refractivity contribution in [2.24, 2.45) is 0 Å². The van der Waals surface area contributed by atoms with E-state index < -0.39 is 28.8 Å². The summed E-state index contributed by atoms with van der Waals surface area (Å²) >= 11 is 0. The van der Waals surface area contributed by atoms with Gasteiger partial charge in [-0.3, -0.25) is 10.1 Å². The van der Waals surface area contributed by atoms with Gasteiger partial charge in [0.05, 0.1) is 6.26 Å². The van der Waals surface area contributed by atoms with Crippen molar-refractivity contribution in [2.75, 3.05) is 0 Å². The van der Waals surface area contributed by atoms with Gasteiger partial charge in [-0.25, -0.2) is 9.59 Å². The van der Waals surface area contributed by atoms with Crippen LogP contribution >= 0.6 is 0 Å². The summed E-state index contributed by atoms with van der Waals surface area (Å²) in [7, 11) is 0. The highest BCUT2D eigenvalue weighted by molar-refractivity contribution is 6.11. The second kappa shape index (κ2) is 13.2. The predicted octanol–water partition coefficient (Wildman–Crippen LogP) is 6.01. The van der Waals surface area contributed by atoms with Crippen LogP contribution < -0.4 is 10.9 Å². The van der Waals surface area contributed by atoms with E-state index in [4.69, 9.17) is 13.9 Å². The molecule has 1 amide bonds. The zero-order valence-electron chi connectivity index (χ0n) is 19.9. The van der Waals surface area contributed by atoms with Crippen LogP contribution in [0.3, 0.4) is 0 Å². The fraction of sp³-hybridized carbons (Fsp3) is 0.423. The number of aromatic hydroxyl groups is 1. The van der Waals surface area contributed by atoms with Gasteiger partial charge in [0.15, 0.2) is 5.78 Å². The van der Waals surface area contributed by atoms with Crippen LogP contribution in [0.2, 0.25) is 0 Å². The molecule has 2 rings (SSSR count). The van der Waals surface area contributed by atoms with Gasteiger partial charge in [-0.05, 0) is 50.3 Å². The molecule has 0 aliphatic carbocycles. The van der Waals surface area contributed by atoms with Crippen molar-refractivity contribution in [1.29, 1.82) is 0 Å². The van der Waals surface area contributed by atoms with Gasteiger partial charge < -0.3 is 19.0 Å². The molecule has 0 aliphatic rings. The van der Waals surface area contributed by atoms with Gasteiger partial charge in [0.1, 0.15) is 22.8 Å². The largest absolute Gasteiger partial charge is 0.507 e. The SMILES string of the molecule is CCCCCCc1coc(C=C(C)C(=O)c2c(O)cc(C(C)CCC=CNC(=O)O)oc2=O)c1. The van der Waals surface area contributed by atoms with Crippen molar-refractivity contribution in [2.45, 2.75) is 71.6 Å². The van der Waals surface area contributed by atoms with E-state index in [1.165, 1.54) is 25.1 Å². The van der Waals surface area contributed by atoms with E-state index in [1.54, 1.807) is 32.3 Å². The molecule has 1 unspecified atom stereocenters. The minimum Gasteiger partial charge on any atom is -0.507 e. The molecule has 184 valence electrons. The first kappa shape index (κ1) is 26.7. The number of hydrogen-bond acceptors (Lipinski definition) is 6. The Morgan fingerprint density at radius 1 is 1.21 bits per heavy atom. The molecule has 0 saturated carbocycles. The molecule has 0 spiro atoms. The number of hydrogen-bond donors (Lipinski definition) is 3. The number of ketones is 1. The van der Waals surface area contributed by atoms with Gasteiger partial charge in [0.2, 0.25) is 0 Å². The molecule has 34 heavy (non-hydrogen) atoms. The van der Waals surface area contributed by atoms with Gasteiger partial charge in [-0.15, -0.1) is 0 Å². The van der Waals surface area contributed by atoms with Crippen molar-refractivity contribution in [3.05, 3.63) is 69.3 Å². The van der Waals surface area contributed by atoms with Crippen LogP contribution in [0.5, 0.6) is 5.75 Å². The Hall–Kier alpha value is -3.55. The number of furan rings is 1. The van der Waals surface area contributed by atoms with Gasteiger partial charge in [-0.2, -0.15) is 0 Å². The lowest BCUT2D eigenvalue weighted by molar-refractivity contribution is 0.102. The minimum atomic E-state index is -1.15. The highest BCUT2D eigenvalue weighted by atomic mass is 16.4. The maximum Gasteiger partial charge on any atom is 0.408 e. The summed E-state index contributed by atoms with van der Waals surface area (Å²) in [5, 5.41) is 21.0. The van der Waals surface area contributed by atoms with Gasteiger partial charge in [0.25, 0.3) is 0 Å². The van der Waals surface area contributed by atoms with Gasteiger partial charge in [-0.1, -0.05) is 39.2 Å². The molecule has 0 aromatic carbocycles. The number of carbonyl (C=O) groups excluding carboxylic acids is 1. The first-order chi connectivity index (χ1) is 16.2. The normalized spacial score (nSPS) is 12.7. The third-order valence-corrected chi connectivity index (χ3v) is 5.46. The molecule has 0 fully saturated rings. The smallest absolute Gasteiger partial charge is 0.408 e. The third kappa shape index (κ3) is 8.10. The number of allylic oxidation sites excluding steroid dienone is 2. The lowest BCUT2D eigenvalue weighted by atomic mass is 9.99. The molecular formula is C26H33NO7. The van der Waals surface area contributed by atoms with Crippen LogP contribution in [0, 0.1) is 0 Å². The van der Waals surface area contributed by atoms with Crippen LogP contribution in [-0.2, 0) is 6.42 Å². The number of carbonyl (C=O) groups is 2. The standard InChI is InChI=1S/C26H33NO7/c1-4-5-6-7-11-19-14-20(33-16-19)13-18(3)24(29)23-21(28)15-22(34-25(23)30)17(2)10-8-9-12-27-26(31)32/h9,12-17,27-28H,4-8,10-11H2,1-3H3,(H,31,32). The summed E-state index contributed by atoms with van der Waals surface area (Å²) in [5.74, 6) is -0.535. The Morgan fingerprint density at radius 2 is 1.97 bits per heavy atom. The van der Waals surface area contributed by atoms with E-state index in [1.807, 2.05) is 6.07 Å². The average Bonchev–Trinajstić information content (AvgIpc) is 3.22. The number of nitrogens with one attached hydrogen (secondary N) is 1. The number of unbranched alkanes of at least 4 members (excludes halogenated alkanes) is 3. The summed E-state index contributed by atoms with van der Waals surface area (Å²) in [6, 6.07) is 3.16. The third-order valence-electron chi connectivity index (χ3n) is 5.46. The molecule has 2 heterocycles. The van der Waals surface area contributed by atoms with Gasteiger partial charge in [0, 0.05) is 23.8 Å². The average molecular weight is 472 g/mol. The van der Waals surface area contributed by atoms with Crippen molar-refractivity contribution < 1.29 is 28.6 Å². The number of aryl methyl sites for hydroxylation is 1. The summed E-state index contributed by atoms with van der Waals surface area (Å²) in [6.07, 6.45) is 11.6. The first-order valence-electron chi connectivity index (χ1n) is 11.5. The fourth-order valence-corrected chi connectivity index (χ4v) is 3.49. The molecule has 0 bridgehead atoms. The van der Waals surface area contributed by atoms with Crippen molar-refractivity contribution >= 4 is 18.0 Å². The maximum absolute atomic E-state index is 12.8. The Balaban J connectivity index is 2.06. The number of Topliss-reactive ketones (excluding diaryl/α,β-unsaturated/α-hetero) is 1. The van der Waals surface area contributed by atoms with E-state index in [9.17, 15) is 19.5 Å². The molecule has 0 radical (unpaired) electrons. The zero-order valence-corrected chi connectivity index (χ0v) is 19.9. The summed E-state index contributed by atoms with van der Waals surface area (Å²) in [5.41, 5.74) is -0.0245. The fourth-order valence-electron chi connectivity index (χ4n) is 3.49. The molecular weight excluding hydrogens is 438 g/mol. The van der Waals surface area contributed by atoms with E-state index >= 15 is 0 Å². The summed E-state index contributed by atoms with van der Waals surface area (Å²) in [4.78, 5) is 35.7. The van der Waals surface area contributed by atoms with Crippen molar-refractivity contribution in [1.82, 2.24) is 5.32 Å². The van der Waals surface area contributed by atoms with Crippen LogP contribution in [0.1, 0.15) is 92.7 Å². The molecule has 0 aliphatic heterocycles. The van der Waals surface area contributed by atoms with Crippen molar-refractivity contribution in [3.63, 3.8) is 0 Å². The minimum absolute atomic E-state index is 0.229. The highest BCUT2D eigenvalue weighted by Gasteiger charge is 2.22. The number of amides is 1. The quantitative estimate of drug-likeness (QED) is 0.185. The van der Waals surface area contributed by atoms with E-state index in [0.29, 0.717) is 18.6 Å². The molecule has 3 N–H and O–H groups in total. The summed E-state index contributed by atoms with van der Waals surface area (Å²) < 4.78 is 10.8. The van der Waals surface area contributed by atoms with Crippen molar-refractivity contribution in [3.8, 4) is 5.75 Å². The summed E-state index contributed by atoms with van der Waals surface area (Å²) in [6.45, 7) is 5.52. The molecule has 8 heteroatoms. The molecule has 2 aromatic rings. The number of rotatable bonds is 13. The van der Waals surface area contributed by atoms with E-state index in [0.717, 1.165) is 24.8 Å². The van der Waals surface area contributed by atoms with E-state index in [-0.39, 0.29) is 17.3 Å². The lowest BCUT2D eigenvalue weighted by Gasteiger charge is -2.11. The Bertz CT molecular complexity index is 1090. The Kier molecular flexibility index (Phi) is 10.4. The highest BCUT2D eigenvalue weighted by Crippen LogP contribution is 2.26. The van der Waals surface area contributed by atoms with Crippen LogP contribution in [0.4, 0.5) is 4.79 Å². The van der Waals surface area contributed by atoms with Crippen LogP contribution in [-0.4, -0.2) is 22.1 Å². The second-order valence-corrected chi connectivity index (χ2v) is 8.35. The second-order valence-electron chi connectivity index (χ2n) is 8.35. The number of carboxylic acid groups (broad SMARTS) is 1. The monoisotopic (exact) mass is 471 g/mol. The van der Waals surface area contributed by atoms with Gasteiger partial charge >= 0.3 is 11.7 Å². The first-order valence-corrected chi connectivity index (χ1v) is 11.5. The zero-order chi connectivity index (χ0) is 25.1. The Labute approximate surface area is 199 Å². The molecule has 2 aromatic heterocycles.